The minimum Gasteiger partial charge on any atom is -0.491 e. The van der Waals surface area contributed by atoms with Crippen molar-refractivity contribution in [1.82, 2.24) is 15.2 Å². The van der Waals surface area contributed by atoms with Crippen LogP contribution >= 0.6 is 0 Å². The summed E-state index contributed by atoms with van der Waals surface area (Å²) in [7, 11) is 1.65. The molecule has 0 spiro atoms. The molecule has 2 aromatic rings. The quantitative estimate of drug-likeness (QED) is 0.800. The normalized spacial score (nSPS) is 10.5. The van der Waals surface area contributed by atoms with Crippen LogP contribution in [0.3, 0.4) is 0 Å². The zero-order chi connectivity index (χ0) is 12.1. The molecule has 17 heavy (non-hydrogen) atoms. The molecular formula is C12H15N3O2. The molecule has 0 atom stereocenters. The highest BCUT2D eigenvalue weighted by molar-refractivity contribution is 5.58. The van der Waals surface area contributed by atoms with Crippen molar-refractivity contribution in [2.24, 2.45) is 0 Å². The van der Waals surface area contributed by atoms with Crippen LogP contribution in [0.2, 0.25) is 0 Å². The molecule has 1 aromatic heterocycles. The van der Waals surface area contributed by atoms with Crippen molar-refractivity contribution in [2.45, 2.75) is 6.92 Å². The third kappa shape index (κ3) is 3.04. The number of aryl methyl sites for hydroxylation is 1. The van der Waals surface area contributed by atoms with E-state index in [0.29, 0.717) is 13.2 Å². The van der Waals surface area contributed by atoms with Crippen molar-refractivity contribution >= 4 is 0 Å². The Kier molecular flexibility index (Phi) is 3.72. The van der Waals surface area contributed by atoms with Crippen molar-refractivity contribution in [1.29, 1.82) is 0 Å². The van der Waals surface area contributed by atoms with Gasteiger partial charge in [0.05, 0.1) is 6.61 Å². The summed E-state index contributed by atoms with van der Waals surface area (Å²) in [5.74, 6) is 1.55. The van der Waals surface area contributed by atoms with E-state index in [1.807, 2.05) is 25.1 Å². The molecule has 0 fully saturated rings. The first kappa shape index (κ1) is 11.6. The van der Waals surface area contributed by atoms with Crippen LogP contribution in [0.25, 0.3) is 11.4 Å². The SMILES string of the molecule is COCCOc1cc(C)cc(-c2ncn[nH]2)c1. The number of aromatic nitrogens is 3. The van der Waals surface area contributed by atoms with Gasteiger partial charge in [0.15, 0.2) is 5.82 Å². The van der Waals surface area contributed by atoms with E-state index in [1.165, 1.54) is 6.33 Å². The summed E-state index contributed by atoms with van der Waals surface area (Å²) in [5.41, 5.74) is 2.08. The van der Waals surface area contributed by atoms with Crippen LogP contribution in [0, 0.1) is 6.92 Å². The third-order valence-corrected chi connectivity index (χ3v) is 2.30. The fourth-order valence-electron chi connectivity index (χ4n) is 1.56. The second kappa shape index (κ2) is 5.45. The summed E-state index contributed by atoms with van der Waals surface area (Å²) in [6.45, 7) is 3.13. The fraction of sp³-hybridized carbons (Fsp3) is 0.333. The van der Waals surface area contributed by atoms with Crippen LogP contribution in [0.15, 0.2) is 24.5 Å². The Morgan fingerprint density at radius 3 is 2.82 bits per heavy atom. The maximum absolute atomic E-state index is 5.58. The molecule has 0 radical (unpaired) electrons. The van der Waals surface area contributed by atoms with E-state index in [0.717, 1.165) is 22.7 Å². The molecule has 0 saturated carbocycles. The summed E-state index contributed by atoms with van der Waals surface area (Å²) < 4.78 is 10.5. The van der Waals surface area contributed by atoms with E-state index in [4.69, 9.17) is 9.47 Å². The molecule has 5 nitrogen and oxygen atoms in total. The molecule has 1 N–H and O–H groups in total. The number of H-pyrrole nitrogens is 1. The number of nitrogens with zero attached hydrogens (tertiary/aromatic N) is 2. The Morgan fingerprint density at radius 1 is 1.24 bits per heavy atom. The molecule has 0 amide bonds. The lowest BCUT2D eigenvalue weighted by atomic mass is 10.1. The fourth-order valence-corrected chi connectivity index (χ4v) is 1.56. The highest BCUT2D eigenvalue weighted by Gasteiger charge is 2.04. The highest BCUT2D eigenvalue weighted by Crippen LogP contribution is 2.23. The van der Waals surface area contributed by atoms with Crippen molar-refractivity contribution < 1.29 is 9.47 Å². The minimum atomic E-state index is 0.537. The number of aromatic amines is 1. The van der Waals surface area contributed by atoms with Gasteiger partial charge in [0.1, 0.15) is 18.7 Å². The Hall–Kier alpha value is -1.88. The Bertz CT molecular complexity index is 469. The molecule has 0 saturated heterocycles. The Labute approximate surface area is 99.8 Å². The smallest absolute Gasteiger partial charge is 0.155 e. The van der Waals surface area contributed by atoms with Crippen molar-refractivity contribution in [3.8, 4) is 17.1 Å². The first-order valence-corrected chi connectivity index (χ1v) is 5.39. The maximum Gasteiger partial charge on any atom is 0.155 e. The van der Waals surface area contributed by atoms with Crippen LogP contribution in [-0.2, 0) is 4.74 Å². The lowest BCUT2D eigenvalue weighted by molar-refractivity contribution is 0.146. The summed E-state index contributed by atoms with van der Waals surface area (Å²) in [4.78, 5) is 4.12. The van der Waals surface area contributed by atoms with E-state index in [2.05, 4.69) is 15.2 Å². The molecular weight excluding hydrogens is 218 g/mol. The molecule has 1 heterocycles. The van der Waals surface area contributed by atoms with Gasteiger partial charge in [-0.25, -0.2) is 4.98 Å². The predicted octanol–water partition coefficient (Wildman–Crippen LogP) is 1.81. The van der Waals surface area contributed by atoms with E-state index in [1.54, 1.807) is 7.11 Å². The zero-order valence-corrected chi connectivity index (χ0v) is 9.93. The van der Waals surface area contributed by atoms with Gasteiger partial charge in [-0.15, -0.1) is 0 Å². The number of methoxy groups -OCH3 is 1. The largest absolute Gasteiger partial charge is 0.491 e. The lowest BCUT2D eigenvalue weighted by Gasteiger charge is -2.08. The predicted molar refractivity (Wildman–Crippen MR) is 63.9 cm³/mol. The van der Waals surface area contributed by atoms with Crippen LogP contribution in [0.5, 0.6) is 5.75 Å². The van der Waals surface area contributed by atoms with Gasteiger partial charge >= 0.3 is 0 Å². The van der Waals surface area contributed by atoms with Gasteiger partial charge in [0, 0.05) is 12.7 Å². The molecule has 0 aliphatic carbocycles. The van der Waals surface area contributed by atoms with Gasteiger partial charge < -0.3 is 9.47 Å². The van der Waals surface area contributed by atoms with Gasteiger partial charge in [-0.2, -0.15) is 5.10 Å². The number of nitrogens with one attached hydrogen (secondary N) is 1. The average Bonchev–Trinajstić information content (AvgIpc) is 2.82. The van der Waals surface area contributed by atoms with Crippen LogP contribution in [-0.4, -0.2) is 35.5 Å². The van der Waals surface area contributed by atoms with Crippen molar-refractivity contribution in [3.63, 3.8) is 0 Å². The van der Waals surface area contributed by atoms with Crippen LogP contribution < -0.4 is 4.74 Å². The Balaban J connectivity index is 2.18. The molecule has 5 heteroatoms. The van der Waals surface area contributed by atoms with Crippen LogP contribution in [0.4, 0.5) is 0 Å². The highest BCUT2D eigenvalue weighted by atomic mass is 16.5. The Morgan fingerprint density at radius 2 is 2.12 bits per heavy atom. The molecule has 0 bridgehead atoms. The molecule has 90 valence electrons. The van der Waals surface area contributed by atoms with Gasteiger partial charge in [0.25, 0.3) is 0 Å². The molecule has 0 aliphatic rings. The average molecular weight is 233 g/mol. The van der Waals surface area contributed by atoms with Gasteiger partial charge in [-0.3, -0.25) is 5.10 Å². The second-order valence-electron chi connectivity index (χ2n) is 3.71. The van der Waals surface area contributed by atoms with E-state index >= 15 is 0 Å². The van der Waals surface area contributed by atoms with Gasteiger partial charge in [-0.1, -0.05) is 0 Å². The van der Waals surface area contributed by atoms with Gasteiger partial charge in [0.2, 0.25) is 0 Å². The van der Waals surface area contributed by atoms with E-state index in [-0.39, 0.29) is 0 Å². The number of hydrogen-bond acceptors (Lipinski definition) is 4. The minimum absolute atomic E-state index is 0.537. The topological polar surface area (TPSA) is 60.0 Å². The number of rotatable bonds is 5. The van der Waals surface area contributed by atoms with E-state index < -0.39 is 0 Å². The standard InChI is InChI=1S/C12H15N3O2/c1-9-5-10(12-13-8-14-15-12)7-11(6-9)17-4-3-16-2/h5-8H,3-4H2,1-2H3,(H,13,14,15). The lowest BCUT2D eigenvalue weighted by Crippen LogP contribution is -2.04. The van der Waals surface area contributed by atoms with Gasteiger partial charge in [-0.05, 0) is 30.7 Å². The molecule has 0 unspecified atom stereocenters. The molecule has 1 aromatic carbocycles. The molecule has 0 aliphatic heterocycles. The maximum atomic E-state index is 5.58. The summed E-state index contributed by atoms with van der Waals surface area (Å²) >= 11 is 0. The first-order chi connectivity index (χ1) is 8.29. The summed E-state index contributed by atoms with van der Waals surface area (Å²) in [6, 6.07) is 5.95. The first-order valence-electron chi connectivity index (χ1n) is 5.39. The van der Waals surface area contributed by atoms with Crippen LogP contribution in [0.1, 0.15) is 5.56 Å². The number of hydrogen-bond donors (Lipinski definition) is 1. The van der Waals surface area contributed by atoms with Crippen molar-refractivity contribution in [2.75, 3.05) is 20.3 Å². The number of benzene rings is 1. The summed E-state index contributed by atoms with van der Waals surface area (Å²) in [5, 5.41) is 6.67. The van der Waals surface area contributed by atoms with Crippen molar-refractivity contribution in [3.05, 3.63) is 30.1 Å². The summed E-state index contributed by atoms with van der Waals surface area (Å²) in [6.07, 6.45) is 1.49. The zero-order valence-electron chi connectivity index (χ0n) is 9.93. The van der Waals surface area contributed by atoms with E-state index in [9.17, 15) is 0 Å². The second-order valence-corrected chi connectivity index (χ2v) is 3.71. The monoisotopic (exact) mass is 233 g/mol. The third-order valence-electron chi connectivity index (χ3n) is 2.30. The number of ether oxygens (including phenoxy) is 2. The molecule has 2 rings (SSSR count).